The molecular weight excluding hydrogens is 304 g/mol. The minimum Gasteiger partial charge on any atom is -0.379 e. The summed E-state index contributed by atoms with van der Waals surface area (Å²) in [5.74, 6) is -0.375. The van der Waals surface area contributed by atoms with E-state index in [0.717, 1.165) is 19.3 Å². The van der Waals surface area contributed by atoms with Gasteiger partial charge in [-0.2, -0.15) is 0 Å². The predicted molar refractivity (Wildman–Crippen MR) is 95.6 cm³/mol. The summed E-state index contributed by atoms with van der Waals surface area (Å²) in [6.07, 6.45) is 2.17. The summed E-state index contributed by atoms with van der Waals surface area (Å²) >= 11 is 0. The first-order valence-corrected chi connectivity index (χ1v) is 8.58. The van der Waals surface area contributed by atoms with Crippen LogP contribution in [0.5, 0.6) is 0 Å². The van der Waals surface area contributed by atoms with Crippen molar-refractivity contribution in [3.8, 4) is 0 Å². The van der Waals surface area contributed by atoms with Crippen molar-refractivity contribution in [2.24, 2.45) is 5.92 Å². The molecule has 2 amide bonds. The van der Waals surface area contributed by atoms with Crippen LogP contribution in [-0.2, 0) is 20.7 Å². The van der Waals surface area contributed by atoms with Crippen LogP contribution in [-0.4, -0.2) is 49.6 Å². The van der Waals surface area contributed by atoms with Gasteiger partial charge >= 0.3 is 0 Å². The van der Waals surface area contributed by atoms with Gasteiger partial charge in [0.1, 0.15) is 0 Å². The molecular formula is C19H30N2O3. The number of rotatable bonds is 11. The first-order valence-electron chi connectivity index (χ1n) is 8.58. The molecule has 0 aliphatic heterocycles. The van der Waals surface area contributed by atoms with Gasteiger partial charge in [-0.15, -0.1) is 0 Å². The normalized spacial score (nSPS) is 14.5. The highest BCUT2D eigenvalue weighted by Crippen LogP contribution is 2.11. The maximum Gasteiger partial charge on any atom is 0.225 e. The third-order valence-electron chi connectivity index (χ3n) is 4.12. The molecule has 0 aliphatic rings. The van der Waals surface area contributed by atoms with Gasteiger partial charge in [-0.1, -0.05) is 44.2 Å². The fraction of sp³-hybridized carbons (Fsp3) is 0.579. The van der Waals surface area contributed by atoms with Gasteiger partial charge < -0.3 is 15.0 Å². The van der Waals surface area contributed by atoms with E-state index in [1.165, 1.54) is 5.56 Å². The van der Waals surface area contributed by atoms with Crippen molar-refractivity contribution in [3.05, 3.63) is 35.9 Å². The second-order valence-corrected chi connectivity index (χ2v) is 6.26. The van der Waals surface area contributed by atoms with E-state index in [-0.39, 0.29) is 24.0 Å². The summed E-state index contributed by atoms with van der Waals surface area (Å²) in [5.41, 5.74) is 1.19. The molecule has 1 aromatic carbocycles. The van der Waals surface area contributed by atoms with Gasteiger partial charge in [0.05, 0.1) is 12.0 Å². The molecule has 24 heavy (non-hydrogen) atoms. The lowest BCUT2D eigenvalue weighted by Crippen LogP contribution is -2.45. The maximum absolute atomic E-state index is 12.5. The molecule has 3 atom stereocenters. The first-order chi connectivity index (χ1) is 11.5. The zero-order valence-corrected chi connectivity index (χ0v) is 15.2. The Morgan fingerprint density at radius 2 is 1.96 bits per heavy atom. The van der Waals surface area contributed by atoms with Crippen LogP contribution in [0.15, 0.2) is 30.3 Å². The van der Waals surface area contributed by atoms with Crippen molar-refractivity contribution in [1.82, 2.24) is 10.2 Å². The Bertz CT molecular complexity index is 493. The number of hydrogen-bond donors (Lipinski definition) is 1. The Labute approximate surface area is 145 Å². The number of hydrogen-bond acceptors (Lipinski definition) is 3. The molecule has 0 spiro atoms. The number of amides is 2. The van der Waals surface area contributed by atoms with Crippen LogP contribution >= 0.6 is 0 Å². The molecule has 1 N–H and O–H groups in total. The highest BCUT2D eigenvalue weighted by Gasteiger charge is 2.26. The molecule has 134 valence electrons. The maximum atomic E-state index is 12.5. The molecule has 0 aromatic heterocycles. The van der Waals surface area contributed by atoms with Crippen molar-refractivity contribution >= 4 is 12.3 Å². The molecule has 0 unspecified atom stereocenters. The molecule has 0 aliphatic carbocycles. The van der Waals surface area contributed by atoms with Crippen molar-refractivity contribution in [2.45, 2.75) is 45.8 Å². The van der Waals surface area contributed by atoms with Gasteiger partial charge in [0.2, 0.25) is 12.3 Å². The Morgan fingerprint density at radius 1 is 1.29 bits per heavy atom. The summed E-state index contributed by atoms with van der Waals surface area (Å²) in [6.45, 7) is 6.94. The number of carbonyl (C=O) groups is 2. The Morgan fingerprint density at radius 3 is 2.50 bits per heavy atom. The second kappa shape index (κ2) is 10.8. The monoisotopic (exact) mass is 334 g/mol. The fourth-order valence-electron chi connectivity index (χ4n) is 2.70. The van der Waals surface area contributed by atoms with E-state index >= 15 is 0 Å². The smallest absolute Gasteiger partial charge is 0.225 e. The fourth-order valence-corrected chi connectivity index (χ4v) is 2.70. The lowest BCUT2D eigenvalue weighted by Gasteiger charge is -2.28. The number of carbonyl (C=O) groups excluding carboxylic acids is 2. The zero-order chi connectivity index (χ0) is 17.9. The molecule has 0 bridgehead atoms. The van der Waals surface area contributed by atoms with Crippen LogP contribution in [0.25, 0.3) is 0 Å². The Balaban J connectivity index is 2.55. The highest BCUT2D eigenvalue weighted by atomic mass is 16.5. The van der Waals surface area contributed by atoms with Crippen LogP contribution < -0.4 is 5.32 Å². The van der Waals surface area contributed by atoms with Crippen molar-refractivity contribution in [1.29, 1.82) is 0 Å². The minimum absolute atomic E-state index is 0.0395. The van der Waals surface area contributed by atoms with Crippen LogP contribution in [0, 0.1) is 5.92 Å². The molecule has 0 saturated heterocycles. The first kappa shape index (κ1) is 20.2. The van der Waals surface area contributed by atoms with Crippen molar-refractivity contribution < 1.29 is 14.3 Å². The van der Waals surface area contributed by atoms with Crippen molar-refractivity contribution in [3.63, 3.8) is 0 Å². The standard InChI is InChI=1S/C19H30N2O3/c1-5-11-21(14-22)13-18(24-4)16(3)19(23)20-15(2)12-17-9-7-6-8-10-17/h6-10,14-16,18H,5,11-13H2,1-4H3,(H,20,23)/t15-,16-,18-/m1/s1. The number of ether oxygens (including phenoxy) is 1. The number of methoxy groups -OCH3 is 1. The van der Waals surface area contributed by atoms with Crippen LogP contribution in [0.4, 0.5) is 0 Å². The quantitative estimate of drug-likeness (QED) is 0.632. The summed E-state index contributed by atoms with van der Waals surface area (Å²) in [4.78, 5) is 25.2. The average Bonchev–Trinajstić information content (AvgIpc) is 2.58. The van der Waals surface area contributed by atoms with Crippen LogP contribution in [0.2, 0.25) is 0 Å². The molecule has 0 saturated carbocycles. The van der Waals surface area contributed by atoms with E-state index in [2.05, 4.69) is 17.4 Å². The van der Waals surface area contributed by atoms with E-state index in [1.54, 1.807) is 12.0 Å². The van der Waals surface area contributed by atoms with E-state index in [1.807, 2.05) is 39.0 Å². The minimum atomic E-state index is -0.326. The van der Waals surface area contributed by atoms with Gasteiger partial charge in [-0.3, -0.25) is 9.59 Å². The predicted octanol–water partition coefficient (Wildman–Crippen LogP) is 2.25. The van der Waals surface area contributed by atoms with Gasteiger partial charge in [0.25, 0.3) is 0 Å². The lowest BCUT2D eigenvalue weighted by atomic mass is 10.0. The largest absolute Gasteiger partial charge is 0.379 e. The second-order valence-electron chi connectivity index (χ2n) is 6.26. The van der Waals surface area contributed by atoms with Gasteiger partial charge in [0.15, 0.2) is 0 Å². The molecule has 1 aromatic rings. The molecule has 0 radical (unpaired) electrons. The Kier molecular flexibility index (Phi) is 9.08. The number of nitrogens with zero attached hydrogens (tertiary/aromatic N) is 1. The van der Waals surface area contributed by atoms with E-state index in [0.29, 0.717) is 13.1 Å². The molecule has 5 nitrogen and oxygen atoms in total. The number of nitrogens with one attached hydrogen (secondary N) is 1. The molecule has 1 rings (SSSR count). The summed E-state index contributed by atoms with van der Waals surface area (Å²) in [5, 5.41) is 3.04. The van der Waals surface area contributed by atoms with E-state index in [9.17, 15) is 9.59 Å². The SMILES string of the molecule is CCCN(C=O)C[C@@H](OC)[C@@H](C)C(=O)N[C@H](C)Cc1ccccc1. The van der Waals surface area contributed by atoms with Crippen LogP contribution in [0.1, 0.15) is 32.8 Å². The van der Waals surface area contributed by atoms with Gasteiger partial charge in [-0.05, 0) is 25.3 Å². The van der Waals surface area contributed by atoms with Gasteiger partial charge in [-0.25, -0.2) is 0 Å². The third-order valence-corrected chi connectivity index (χ3v) is 4.12. The topological polar surface area (TPSA) is 58.6 Å². The lowest BCUT2D eigenvalue weighted by molar-refractivity contribution is -0.132. The van der Waals surface area contributed by atoms with Crippen molar-refractivity contribution in [2.75, 3.05) is 20.2 Å². The molecule has 0 heterocycles. The average molecular weight is 334 g/mol. The Hall–Kier alpha value is -1.88. The summed E-state index contributed by atoms with van der Waals surface area (Å²) in [7, 11) is 1.58. The highest BCUT2D eigenvalue weighted by molar-refractivity contribution is 5.79. The zero-order valence-electron chi connectivity index (χ0n) is 15.2. The molecule has 5 heteroatoms. The third kappa shape index (κ3) is 6.71. The summed E-state index contributed by atoms with van der Waals surface area (Å²) in [6, 6.07) is 10.1. The molecule has 0 fully saturated rings. The number of benzene rings is 1. The summed E-state index contributed by atoms with van der Waals surface area (Å²) < 4.78 is 5.45. The van der Waals surface area contributed by atoms with E-state index in [4.69, 9.17) is 4.74 Å². The van der Waals surface area contributed by atoms with E-state index < -0.39 is 0 Å². The van der Waals surface area contributed by atoms with Crippen LogP contribution in [0.3, 0.4) is 0 Å². The van der Waals surface area contributed by atoms with Gasteiger partial charge in [0, 0.05) is 26.2 Å².